The Balaban J connectivity index is 1.62. The number of nitrogens with one attached hydrogen (secondary N) is 1. The lowest BCUT2D eigenvalue weighted by molar-refractivity contribution is 0.521. The quantitative estimate of drug-likeness (QED) is 0.919. The number of benzene rings is 1. The zero-order valence-corrected chi connectivity index (χ0v) is 12.4. The maximum Gasteiger partial charge on any atom is 0.204 e. The summed E-state index contributed by atoms with van der Waals surface area (Å²) in [7, 11) is 6.11. The highest BCUT2D eigenvalue weighted by molar-refractivity contribution is 5.34. The normalized spacial score (nSPS) is 14.6. The smallest absolute Gasteiger partial charge is 0.204 e. The average Bonchev–Trinajstić information content (AvgIpc) is 2.99. The van der Waals surface area contributed by atoms with E-state index in [0.29, 0.717) is 6.04 Å². The van der Waals surface area contributed by atoms with Gasteiger partial charge in [-0.2, -0.15) is 0 Å². The Bertz CT molecular complexity index is 575. The standard InChI is InChI=1S/C16H22N4/c1-19(2)16-18-11-15(20(16)3)10-17-14-8-12-6-4-5-7-13(12)9-14/h4-7,11,14,17H,8-10H2,1-3H3. The molecule has 1 aliphatic rings. The Morgan fingerprint density at radius 3 is 2.45 bits per heavy atom. The highest BCUT2D eigenvalue weighted by Gasteiger charge is 2.20. The van der Waals surface area contributed by atoms with E-state index >= 15 is 0 Å². The van der Waals surface area contributed by atoms with Gasteiger partial charge in [0, 0.05) is 33.7 Å². The molecular weight excluding hydrogens is 248 g/mol. The van der Waals surface area contributed by atoms with Crippen LogP contribution in [0.5, 0.6) is 0 Å². The van der Waals surface area contributed by atoms with Crippen LogP contribution < -0.4 is 10.2 Å². The molecule has 106 valence electrons. The summed E-state index contributed by atoms with van der Waals surface area (Å²) in [6, 6.07) is 9.29. The van der Waals surface area contributed by atoms with Crippen LogP contribution in [-0.2, 0) is 26.4 Å². The fourth-order valence-electron chi connectivity index (χ4n) is 2.97. The van der Waals surface area contributed by atoms with E-state index in [1.54, 1.807) is 0 Å². The summed E-state index contributed by atoms with van der Waals surface area (Å²) >= 11 is 0. The van der Waals surface area contributed by atoms with Crippen molar-refractivity contribution in [1.82, 2.24) is 14.9 Å². The second-order valence-electron chi connectivity index (χ2n) is 5.76. The molecule has 0 fully saturated rings. The molecule has 1 heterocycles. The van der Waals surface area contributed by atoms with Crippen molar-refractivity contribution in [2.45, 2.75) is 25.4 Å². The van der Waals surface area contributed by atoms with Gasteiger partial charge in [-0.25, -0.2) is 4.98 Å². The van der Waals surface area contributed by atoms with Crippen LogP contribution in [-0.4, -0.2) is 29.7 Å². The Morgan fingerprint density at radius 1 is 1.25 bits per heavy atom. The highest BCUT2D eigenvalue weighted by Crippen LogP contribution is 2.22. The molecule has 0 bridgehead atoms. The van der Waals surface area contributed by atoms with Gasteiger partial charge in [0.15, 0.2) is 0 Å². The number of anilines is 1. The molecule has 0 saturated heterocycles. The van der Waals surface area contributed by atoms with Crippen LogP contribution in [0.25, 0.3) is 0 Å². The second kappa shape index (κ2) is 5.29. The van der Waals surface area contributed by atoms with E-state index in [1.165, 1.54) is 16.8 Å². The number of aromatic nitrogens is 2. The Morgan fingerprint density at radius 2 is 1.90 bits per heavy atom. The summed E-state index contributed by atoms with van der Waals surface area (Å²) < 4.78 is 2.15. The minimum absolute atomic E-state index is 0.546. The van der Waals surface area contributed by atoms with Gasteiger partial charge in [0.05, 0.1) is 11.9 Å². The fourth-order valence-corrected chi connectivity index (χ4v) is 2.97. The van der Waals surface area contributed by atoms with E-state index in [1.807, 2.05) is 25.2 Å². The molecule has 20 heavy (non-hydrogen) atoms. The first-order valence-electron chi connectivity index (χ1n) is 7.13. The number of fused-ring (bicyclic) bond motifs is 1. The molecule has 2 aromatic rings. The SMILES string of the molecule is CN(C)c1ncc(CNC2Cc3ccccc3C2)n1C. The first kappa shape index (κ1) is 13.2. The van der Waals surface area contributed by atoms with E-state index in [9.17, 15) is 0 Å². The molecule has 4 nitrogen and oxygen atoms in total. The average molecular weight is 270 g/mol. The predicted octanol–water partition coefficient (Wildman–Crippen LogP) is 1.74. The lowest BCUT2D eigenvalue weighted by Gasteiger charge is -2.15. The number of hydrogen-bond donors (Lipinski definition) is 1. The van der Waals surface area contributed by atoms with E-state index in [0.717, 1.165) is 25.3 Å². The maximum atomic E-state index is 4.45. The molecule has 1 N–H and O–H groups in total. The van der Waals surface area contributed by atoms with E-state index in [4.69, 9.17) is 0 Å². The fraction of sp³-hybridized carbons (Fsp3) is 0.438. The first-order valence-corrected chi connectivity index (χ1v) is 7.13. The van der Waals surface area contributed by atoms with Crippen LogP contribution in [0.4, 0.5) is 5.95 Å². The molecule has 0 spiro atoms. The van der Waals surface area contributed by atoms with Crippen LogP contribution in [0.15, 0.2) is 30.5 Å². The van der Waals surface area contributed by atoms with Crippen molar-refractivity contribution in [3.8, 4) is 0 Å². The zero-order valence-electron chi connectivity index (χ0n) is 12.4. The minimum Gasteiger partial charge on any atom is -0.348 e. The second-order valence-corrected chi connectivity index (χ2v) is 5.76. The van der Waals surface area contributed by atoms with Gasteiger partial charge in [-0.15, -0.1) is 0 Å². The predicted molar refractivity (Wildman–Crippen MR) is 82.0 cm³/mol. The van der Waals surface area contributed by atoms with Gasteiger partial charge in [-0.05, 0) is 24.0 Å². The van der Waals surface area contributed by atoms with Crippen LogP contribution in [0, 0.1) is 0 Å². The summed E-state index contributed by atoms with van der Waals surface area (Å²) in [5.41, 5.74) is 4.21. The molecule has 0 unspecified atom stereocenters. The third-order valence-electron chi connectivity index (χ3n) is 4.08. The van der Waals surface area contributed by atoms with E-state index in [-0.39, 0.29) is 0 Å². The minimum atomic E-state index is 0.546. The Labute approximate surface area is 120 Å². The zero-order chi connectivity index (χ0) is 14.1. The summed E-state index contributed by atoms with van der Waals surface area (Å²) in [5.74, 6) is 0.997. The molecule has 0 atom stereocenters. The molecule has 3 rings (SSSR count). The van der Waals surface area contributed by atoms with E-state index in [2.05, 4.69) is 46.2 Å². The number of imidazole rings is 1. The first-order chi connectivity index (χ1) is 9.65. The molecule has 0 aliphatic heterocycles. The van der Waals surface area contributed by atoms with Gasteiger partial charge >= 0.3 is 0 Å². The van der Waals surface area contributed by atoms with Gasteiger partial charge in [0.2, 0.25) is 5.95 Å². The van der Waals surface area contributed by atoms with Crippen molar-refractivity contribution in [3.05, 3.63) is 47.3 Å². The van der Waals surface area contributed by atoms with Crippen molar-refractivity contribution in [2.75, 3.05) is 19.0 Å². The molecular formula is C16H22N4. The van der Waals surface area contributed by atoms with E-state index < -0.39 is 0 Å². The third kappa shape index (κ3) is 2.43. The highest BCUT2D eigenvalue weighted by atomic mass is 15.3. The third-order valence-corrected chi connectivity index (χ3v) is 4.08. The monoisotopic (exact) mass is 270 g/mol. The maximum absolute atomic E-state index is 4.45. The molecule has 1 aromatic carbocycles. The van der Waals surface area contributed by atoms with Crippen LogP contribution in [0.2, 0.25) is 0 Å². The molecule has 1 aromatic heterocycles. The van der Waals surface area contributed by atoms with Crippen molar-refractivity contribution < 1.29 is 0 Å². The van der Waals surface area contributed by atoms with Crippen LogP contribution in [0.3, 0.4) is 0 Å². The topological polar surface area (TPSA) is 33.1 Å². The number of rotatable bonds is 4. The van der Waals surface area contributed by atoms with Gasteiger partial charge in [0.1, 0.15) is 0 Å². The van der Waals surface area contributed by atoms with Crippen molar-refractivity contribution in [1.29, 1.82) is 0 Å². The lowest BCUT2D eigenvalue weighted by Crippen LogP contribution is -2.29. The van der Waals surface area contributed by atoms with Crippen molar-refractivity contribution >= 4 is 5.95 Å². The van der Waals surface area contributed by atoms with Crippen LogP contribution in [0.1, 0.15) is 16.8 Å². The molecule has 4 heteroatoms. The van der Waals surface area contributed by atoms with Gasteiger partial charge < -0.3 is 14.8 Å². The molecule has 0 saturated carbocycles. The summed E-state index contributed by atoms with van der Waals surface area (Å²) in [6.07, 6.45) is 4.23. The van der Waals surface area contributed by atoms with Gasteiger partial charge in [0.25, 0.3) is 0 Å². The summed E-state index contributed by atoms with van der Waals surface area (Å²) in [4.78, 5) is 6.49. The van der Waals surface area contributed by atoms with Crippen LogP contribution >= 0.6 is 0 Å². The largest absolute Gasteiger partial charge is 0.348 e. The molecule has 0 amide bonds. The van der Waals surface area contributed by atoms with Crippen molar-refractivity contribution in [2.24, 2.45) is 7.05 Å². The molecule has 0 radical (unpaired) electrons. The summed E-state index contributed by atoms with van der Waals surface area (Å²) in [5, 5.41) is 3.66. The Hall–Kier alpha value is -1.81. The number of hydrogen-bond acceptors (Lipinski definition) is 3. The van der Waals surface area contributed by atoms with Gasteiger partial charge in [-0.3, -0.25) is 0 Å². The molecule has 1 aliphatic carbocycles. The van der Waals surface area contributed by atoms with Gasteiger partial charge in [-0.1, -0.05) is 24.3 Å². The number of nitrogens with zero attached hydrogens (tertiary/aromatic N) is 3. The lowest BCUT2D eigenvalue weighted by atomic mass is 10.1. The van der Waals surface area contributed by atoms with Crippen molar-refractivity contribution in [3.63, 3.8) is 0 Å². The Kier molecular flexibility index (Phi) is 3.49. The summed E-state index contributed by atoms with van der Waals surface area (Å²) in [6.45, 7) is 0.871.